The third-order valence-electron chi connectivity index (χ3n) is 5.98. The highest BCUT2D eigenvalue weighted by atomic mass is 16.6. The predicted octanol–water partition coefficient (Wildman–Crippen LogP) is 3.50. The highest BCUT2D eigenvalue weighted by molar-refractivity contribution is 5.97. The van der Waals surface area contributed by atoms with Crippen molar-refractivity contribution in [2.75, 3.05) is 26.7 Å². The van der Waals surface area contributed by atoms with Crippen LogP contribution >= 0.6 is 0 Å². The summed E-state index contributed by atoms with van der Waals surface area (Å²) in [6.45, 7) is 4.03. The molecule has 1 amide bonds. The van der Waals surface area contributed by atoms with Crippen molar-refractivity contribution in [1.82, 2.24) is 30.0 Å². The Bertz CT molecular complexity index is 1340. The Morgan fingerprint density at radius 3 is 2.71 bits per heavy atom. The van der Waals surface area contributed by atoms with Crippen LogP contribution in [0.4, 0.5) is 4.79 Å². The molecule has 9 heteroatoms. The summed E-state index contributed by atoms with van der Waals surface area (Å²) in [6, 6.07) is 13.5. The van der Waals surface area contributed by atoms with Crippen molar-refractivity contribution in [2.24, 2.45) is 7.05 Å². The minimum Gasteiger partial charge on any atom is -0.493 e. The van der Waals surface area contributed by atoms with Gasteiger partial charge in [0.15, 0.2) is 11.5 Å². The molecular weight excluding hydrogens is 432 g/mol. The fourth-order valence-electron chi connectivity index (χ4n) is 4.25. The van der Waals surface area contributed by atoms with Gasteiger partial charge in [-0.15, -0.1) is 0 Å². The van der Waals surface area contributed by atoms with Crippen molar-refractivity contribution >= 4 is 17.0 Å². The smallest absolute Gasteiger partial charge is 0.415 e. The lowest BCUT2D eigenvalue weighted by molar-refractivity contribution is 0.123. The van der Waals surface area contributed by atoms with Gasteiger partial charge in [0.1, 0.15) is 12.0 Å². The molecule has 5 rings (SSSR count). The second-order valence-corrected chi connectivity index (χ2v) is 8.29. The standard InChI is InChI=1S/C25H26N6O3/c1-16-13-26-9-10-31(16)25(32)34-22-11-18-20(12-21(22)33-3)27-15-28-24(18)19-14-30(2)29-23(19)17-7-5-4-6-8-17/h4-8,11-12,14-16,26H,9-10,13H2,1-3H3/t16-/m0/s1. The van der Waals surface area contributed by atoms with Crippen molar-refractivity contribution < 1.29 is 14.3 Å². The number of carbonyl (C=O) groups excluding carboxylic acids is 1. The van der Waals surface area contributed by atoms with E-state index in [9.17, 15) is 4.79 Å². The monoisotopic (exact) mass is 458 g/mol. The molecule has 0 bridgehead atoms. The Morgan fingerprint density at radius 1 is 1.12 bits per heavy atom. The minimum absolute atomic E-state index is 0.0374. The first kappa shape index (κ1) is 21.8. The molecule has 1 N–H and O–H groups in total. The second kappa shape index (κ2) is 9.11. The van der Waals surface area contributed by atoms with Crippen LogP contribution < -0.4 is 14.8 Å². The molecular formula is C25H26N6O3. The van der Waals surface area contributed by atoms with Crippen LogP contribution in [0.2, 0.25) is 0 Å². The number of rotatable bonds is 4. The summed E-state index contributed by atoms with van der Waals surface area (Å²) in [5, 5.41) is 8.69. The summed E-state index contributed by atoms with van der Waals surface area (Å²) < 4.78 is 13.1. The average molecular weight is 459 g/mol. The summed E-state index contributed by atoms with van der Waals surface area (Å²) in [5.74, 6) is 0.759. The maximum Gasteiger partial charge on any atom is 0.415 e. The molecule has 1 saturated heterocycles. The zero-order valence-electron chi connectivity index (χ0n) is 19.4. The first-order valence-corrected chi connectivity index (χ1v) is 11.2. The van der Waals surface area contributed by atoms with E-state index in [4.69, 9.17) is 9.47 Å². The van der Waals surface area contributed by atoms with Crippen LogP contribution in [-0.2, 0) is 7.05 Å². The molecule has 2 aromatic heterocycles. The molecule has 0 spiro atoms. The number of piperazine rings is 1. The van der Waals surface area contributed by atoms with Crippen molar-refractivity contribution in [3.8, 4) is 34.0 Å². The van der Waals surface area contributed by atoms with Gasteiger partial charge in [0.05, 0.1) is 18.3 Å². The zero-order valence-corrected chi connectivity index (χ0v) is 19.4. The molecule has 174 valence electrons. The topological polar surface area (TPSA) is 94.4 Å². The molecule has 4 aromatic rings. The number of benzene rings is 2. The third kappa shape index (κ3) is 4.06. The van der Waals surface area contributed by atoms with Gasteiger partial charge in [-0.25, -0.2) is 14.8 Å². The van der Waals surface area contributed by atoms with Crippen molar-refractivity contribution in [3.05, 3.63) is 55.0 Å². The number of nitrogens with one attached hydrogen (secondary N) is 1. The molecule has 1 aliphatic rings. The molecule has 3 heterocycles. The van der Waals surface area contributed by atoms with Crippen LogP contribution in [0, 0.1) is 0 Å². The molecule has 1 fully saturated rings. The molecule has 9 nitrogen and oxygen atoms in total. The fourth-order valence-corrected chi connectivity index (χ4v) is 4.25. The Morgan fingerprint density at radius 2 is 1.94 bits per heavy atom. The van der Waals surface area contributed by atoms with Gasteiger partial charge in [0.25, 0.3) is 0 Å². The van der Waals surface area contributed by atoms with E-state index in [0.29, 0.717) is 29.3 Å². The summed E-state index contributed by atoms with van der Waals surface area (Å²) in [5.41, 5.74) is 4.04. The number of aromatic nitrogens is 4. The largest absolute Gasteiger partial charge is 0.493 e. The Balaban J connectivity index is 1.60. The molecule has 0 radical (unpaired) electrons. The quantitative estimate of drug-likeness (QED) is 0.500. The lowest BCUT2D eigenvalue weighted by atomic mass is 10.0. The van der Waals surface area contributed by atoms with E-state index < -0.39 is 6.09 Å². The van der Waals surface area contributed by atoms with Gasteiger partial charge in [-0.3, -0.25) is 4.68 Å². The van der Waals surface area contributed by atoms with E-state index in [1.807, 2.05) is 50.5 Å². The van der Waals surface area contributed by atoms with E-state index in [1.165, 1.54) is 6.33 Å². The number of carbonyl (C=O) groups is 1. The van der Waals surface area contributed by atoms with Crippen molar-refractivity contribution in [1.29, 1.82) is 0 Å². The van der Waals surface area contributed by atoms with Gasteiger partial charge < -0.3 is 19.7 Å². The summed E-state index contributed by atoms with van der Waals surface area (Å²) >= 11 is 0. The van der Waals surface area contributed by atoms with Crippen LogP contribution in [-0.4, -0.2) is 63.5 Å². The number of nitrogens with zero attached hydrogens (tertiary/aromatic N) is 5. The highest BCUT2D eigenvalue weighted by Crippen LogP contribution is 2.38. The number of aryl methyl sites for hydroxylation is 1. The van der Waals surface area contributed by atoms with Gasteiger partial charge in [0, 0.05) is 61.5 Å². The fraction of sp³-hybridized carbons (Fsp3) is 0.280. The van der Waals surface area contributed by atoms with Crippen molar-refractivity contribution in [3.63, 3.8) is 0 Å². The Hall–Kier alpha value is -3.98. The Kier molecular flexibility index (Phi) is 5.85. The van der Waals surface area contributed by atoms with Crippen LogP contribution in [0.5, 0.6) is 11.5 Å². The van der Waals surface area contributed by atoms with E-state index in [1.54, 1.807) is 28.8 Å². The molecule has 0 unspecified atom stereocenters. The highest BCUT2D eigenvalue weighted by Gasteiger charge is 2.26. The SMILES string of the molecule is COc1cc2ncnc(-c3cn(C)nc3-c3ccccc3)c2cc1OC(=O)N1CCNC[C@@H]1C. The van der Waals surface area contributed by atoms with Crippen LogP contribution in [0.3, 0.4) is 0 Å². The first-order valence-electron chi connectivity index (χ1n) is 11.2. The maximum atomic E-state index is 13.0. The Labute approximate surface area is 197 Å². The number of hydrogen-bond donors (Lipinski definition) is 1. The molecule has 1 atom stereocenters. The normalized spacial score (nSPS) is 16.0. The number of methoxy groups -OCH3 is 1. The molecule has 2 aromatic carbocycles. The first-order chi connectivity index (χ1) is 16.5. The van der Waals surface area contributed by atoms with Crippen LogP contribution in [0.25, 0.3) is 33.4 Å². The molecule has 1 aliphatic heterocycles. The van der Waals surface area contributed by atoms with E-state index in [-0.39, 0.29) is 6.04 Å². The van der Waals surface area contributed by atoms with Crippen LogP contribution in [0.1, 0.15) is 6.92 Å². The van der Waals surface area contributed by atoms with Gasteiger partial charge in [-0.1, -0.05) is 30.3 Å². The average Bonchev–Trinajstić information content (AvgIpc) is 3.25. The van der Waals surface area contributed by atoms with E-state index in [2.05, 4.69) is 20.4 Å². The van der Waals surface area contributed by atoms with E-state index in [0.717, 1.165) is 35.3 Å². The second-order valence-electron chi connectivity index (χ2n) is 8.29. The van der Waals surface area contributed by atoms with Gasteiger partial charge in [-0.2, -0.15) is 5.10 Å². The lowest BCUT2D eigenvalue weighted by Gasteiger charge is -2.33. The van der Waals surface area contributed by atoms with Gasteiger partial charge in [0.2, 0.25) is 0 Å². The van der Waals surface area contributed by atoms with Gasteiger partial charge >= 0.3 is 6.09 Å². The summed E-state index contributed by atoms with van der Waals surface area (Å²) in [6.07, 6.45) is 3.05. The number of amides is 1. The molecule has 0 saturated carbocycles. The summed E-state index contributed by atoms with van der Waals surface area (Å²) in [7, 11) is 3.42. The van der Waals surface area contributed by atoms with Gasteiger partial charge in [-0.05, 0) is 13.0 Å². The molecule has 0 aliphatic carbocycles. The summed E-state index contributed by atoms with van der Waals surface area (Å²) in [4.78, 5) is 23.7. The molecule has 34 heavy (non-hydrogen) atoms. The van der Waals surface area contributed by atoms with E-state index >= 15 is 0 Å². The lowest BCUT2D eigenvalue weighted by Crippen LogP contribution is -2.53. The predicted molar refractivity (Wildman–Crippen MR) is 129 cm³/mol. The number of fused-ring (bicyclic) bond motifs is 1. The number of ether oxygens (including phenoxy) is 2. The minimum atomic E-state index is -0.406. The maximum absolute atomic E-state index is 13.0. The van der Waals surface area contributed by atoms with Crippen LogP contribution in [0.15, 0.2) is 55.0 Å². The third-order valence-corrected chi connectivity index (χ3v) is 5.98. The van der Waals surface area contributed by atoms with Crippen molar-refractivity contribution in [2.45, 2.75) is 13.0 Å². The number of hydrogen-bond acceptors (Lipinski definition) is 7. The zero-order chi connectivity index (χ0) is 23.7.